The van der Waals surface area contributed by atoms with E-state index in [9.17, 15) is 9.90 Å². The summed E-state index contributed by atoms with van der Waals surface area (Å²) in [5.74, 6) is 0.0472. The molecule has 1 aromatic rings. The Morgan fingerprint density at radius 1 is 1.35 bits per heavy atom. The van der Waals surface area contributed by atoms with Crippen molar-refractivity contribution in [1.82, 2.24) is 0 Å². The van der Waals surface area contributed by atoms with Gasteiger partial charge in [0, 0.05) is 26.2 Å². The molecule has 5 heteroatoms. The predicted molar refractivity (Wildman–Crippen MR) is 75.8 cm³/mol. The number of carbonyl (C=O) groups is 1. The van der Waals surface area contributed by atoms with Crippen LogP contribution in [-0.2, 0) is 14.3 Å². The quantitative estimate of drug-likeness (QED) is 0.450. The van der Waals surface area contributed by atoms with Gasteiger partial charge in [0.15, 0.2) is 11.5 Å². The van der Waals surface area contributed by atoms with E-state index in [0.717, 1.165) is 12.0 Å². The Morgan fingerprint density at radius 3 is 2.85 bits per heavy atom. The number of esters is 1. The number of phenols is 1. The van der Waals surface area contributed by atoms with E-state index in [0.29, 0.717) is 25.6 Å². The minimum atomic E-state index is -0.400. The highest BCUT2D eigenvalue weighted by atomic mass is 16.5. The molecule has 0 aliphatic heterocycles. The van der Waals surface area contributed by atoms with Crippen molar-refractivity contribution in [2.24, 2.45) is 0 Å². The van der Waals surface area contributed by atoms with Crippen LogP contribution in [0.1, 0.15) is 18.9 Å². The number of rotatable bonds is 8. The van der Waals surface area contributed by atoms with Crippen molar-refractivity contribution in [3.8, 4) is 11.5 Å². The van der Waals surface area contributed by atoms with Crippen molar-refractivity contribution >= 4 is 12.0 Å². The maximum atomic E-state index is 11.2. The smallest absolute Gasteiger partial charge is 0.330 e. The average Bonchev–Trinajstić information content (AvgIpc) is 2.44. The fourth-order valence-corrected chi connectivity index (χ4v) is 1.49. The molecule has 0 bridgehead atoms. The normalized spacial score (nSPS) is 10.7. The molecule has 0 spiro atoms. The number of phenolic OH excluding ortho intramolecular Hbond substituents is 1. The van der Waals surface area contributed by atoms with Crippen molar-refractivity contribution in [3.63, 3.8) is 0 Å². The highest BCUT2D eigenvalue weighted by Crippen LogP contribution is 2.27. The summed E-state index contributed by atoms with van der Waals surface area (Å²) in [7, 11) is 1.62. The van der Waals surface area contributed by atoms with E-state index >= 15 is 0 Å². The maximum Gasteiger partial charge on any atom is 0.330 e. The summed E-state index contributed by atoms with van der Waals surface area (Å²) in [6.45, 7) is 3.14. The largest absolute Gasteiger partial charge is 0.504 e. The number of carbonyl (C=O) groups excluding carboxylic acids is 1. The first kappa shape index (κ1) is 16.0. The van der Waals surface area contributed by atoms with Crippen LogP contribution in [0.25, 0.3) is 6.08 Å². The van der Waals surface area contributed by atoms with E-state index in [1.165, 1.54) is 12.1 Å². The van der Waals surface area contributed by atoms with Gasteiger partial charge in [-0.25, -0.2) is 4.79 Å². The lowest BCUT2D eigenvalue weighted by Crippen LogP contribution is -2.01. The first-order valence-corrected chi connectivity index (χ1v) is 6.47. The van der Waals surface area contributed by atoms with Crippen LogP contribution in [0.3, 0.4) is 0 Å². The number of hydrogen-bond acceptors (Lipinski definition) is 5. The van der Waals surface area contributed by atoms with Crippen LogP contribution in [0.15, 0.2) is 24.3 Å². The summed E-state index contributed by atoms with van der Waals surface area (Å²) < 4.78 is 15.2. The van der Waals surface area contributed by atoms with Gasteiger partial charge in [-0.3, -0.25) is 0 Å². The molecule has 0 unspecified atom stereocenters. The predicted octanol–water partition coefficient (Wildman–Crippen LogP) is 2.38. The monoisotopic (exact) mass is 280 g/mol. The van der Waals surface area contributed by atoms with Crippen molar-refractivity contribution in [1.29, 1.82) is 0 Å². The Balaban J connectivity index is 2.63. The first-order valence-electron chi connectivity index (χ1n) is 6.47. The van der Waals surface area contributed by atoms with Crippen LogP contribution >= 0.6 is 0 Å². The van der Waals surface area contributed by atoms with Crippen molar-refractivity contribution in [3.05, 3.63) is 29.8 Å². The minimum Gasteiger partial charge on any atom is -0.504 e. The standard InChI is InChI=1S/C15H20O5/c1-3-19-15(17)8-6-12-5-7-13(16)14(11-12)20-10-4-9-18-2/h5-8,11,16H,3-4,9-10H2,1-2H3. The lowest BCUT2D eigenvalue weighted by Gasteiger charge is -2.08. The second kappa shape index (κ2) is 8.98. The van der Waals surface area contributed by atoms with Gasteiger partial charge in [-0.05, 0) is 30.7 Å². The van der Waals surface area contributed by atoms with Gasteiger partial charge in [-0.15, -0.1) is 0 Å². The van der Waals surface area contributed by atoms with Gasteiger partial charge < -0.3 is 19.3 Å². The molecule has 1 rings (SSSR count). The van der Waals surface area contributed by atoms with Crippen molar-refractivity contribution in [2.45, 2.75) is 13.3 Å². The third-order valence-electron chi connectivity index (χ3n) is 2.43. The van der Waals surface area contributed by atoms with Crippen molar-refractivity contribution < 1.29 is 24.1 Å². The molecule has 5 nitrogen and oxygen atoms in total. The van der Waals surface area contributed by atoms with Crippen LogP contribution in [0.5, 0.6) is 11.5 Å². The van der Waals surface area contributed by atoms with Gasteiger partial charge in [-0.1, -0.05) is 6.07 Å². The SMILES string of the molecule is CCOC(=O)C=Cc1ccc(O)c(OCCCOC)c1. The van der Waals surface area contributed by atoms with E-state index in [1.807, 2.05) is 0 Å². The van der Waals surface area contributed by atoms with Gasteiger partial charge in [0.25, 0.3) is 0 Å². The van der Waals surface area contributed by atoms with Gasteiger partial charge in [-0.2, -0.15) is 0 Å². The Morgan fingerprint density at radius 2 is 2.15 bits per heavy atom. The third-order valence-corrected chi connectivity index (χ3v) is 2.43. The van der Waals surface area contributed by atoms with Gasteiger partial charge in [0.2, 0.25) is 0 Å². The highest BCUT2D eigenvalue weighted by Gasteiger charge is 2.03. The number of ether oxygens (including phenoxy) is 3. The highest BCUT2D eigenvalue weighted by molar-refractivity contribution is 5.87. The van der Waals surface area contributed by atoms with E-state index in [1.54, 1.807) is 32.2 Å². The zero-order valence-corrected chi connectivity index (χ0v) is 11.8. The number of aromatic hydroxyl groups is 1. The van der Waals surface area contributed by atoms with E-state index in [-0.39, 0.29) is 5.75 Å². The summed E-state index contributed by atoms with van der Waals surface area (Å²) in [5, 5.41) is 9.68. The molecule has 0 saturated carbocycles. The molecule has 0 atom stereocenters. The van der Waals surface area contributed by atoms with Gasteiger partial charge in [0.1, 0.15) is 0 Å². The molecule has 110 valence electrons. The third kappa shape index (κ3) is 5.75. The molecule has 0 heterocycles. The molecule has 0 saturated heterocycles. The molecule has 0 aromatic heterocycles. The summed E-state index contributed by atoms with van der Waals surface area (Å²) in [6.07, 6.45) is 3.68. The number of methoxy groups -OCH3 is 1. The first-order chi connectivity index (χ1) is 9.67. The molecule has 0 aliphatic carbocycles. The Labute approximate surface area is 118 Å². The van der Waals surface area contributed by atoms with Crippen LogP contribution in [0.4, 0.5) is 0 Å². The summed E-state index contributed by atoms with van der Waals surface area (Å²) in [5.41, 5.74) is 0.748. The van der Waals surface area contributed by atoms with Crippen LogP contribution in [-0.4, -0.2) is 38.0 Å². The lowest BCUT2D eigenvalue weighted by molar-refractivity contribution is -0.137. The topological polar surface area (TPSA) is 65.0 Å². The molecule has 20 heavy (non-hydrogen) atoms. The molecule has 0 amide bonds. The molecular weight excluding hydrogens is 260 g/mol. The fourth-order valence-electron chi connectivity index (χ4n) is 1.49. The number of benzene rings is 1. The Bertz CT molecular complexity index is 454. The van der Waals surface area contributed by atoms with E-state index in [2.05, 4.69) is 0 Å². The molecule has 0 radical (unpaired) electrons. The maximum absolute atomic E-state index is 11.2. The second-order valence-electron chi connectivity index (χ2n) is 4.01. The summed E-state index contributed by atoms with van der Waals surface area (Å²) in [6, 6.07) is 4.88. The Kier molecular flexibility index (Phi) is 7.21. The number of hydrogen-bond donors (Lipinski definition) is 1. The summed E-state index contributed by atoms with van der Waals surface area (Å²) in [4.78, 5) is 11.2. The Hall–Kier alpha value is -2.01. The van der Waals surface area contributed by atoms with Gasteiger partial charge >= 0.3 is 5.97 Å². The molecule has 0 aliphatic rings. The summed E-state index contributed by atoms with van der Waals surface area (Å²) >= 11 is 0. The van der Waals surface area contributed by atoms with Gasteiger partial charge in [0.05, 0.1) is 13.2 Å². The molecule has 1 N–H and O–H groups in total. The second-order valence-corrected chi connectivity index (χ2v) is 4.01. The average molecular weight is 280 g/mol. The van der Waals surface area contributed by atoms with Crippen LogP contribution < -0.4 is 4.74 Å². The fraction of sp³-hybridized carbons (Fsp3) is 0.400. The zero-order valence-electron chi connectivity index (χ0n) is 11.8. The molecule has 1 aromatic carbocycles. The lowest BCUT2D eigenvalue weighted by atomic mass is 10.2. The minimum absolute atomic E-state index is 0.0655. The van der Waals surface area contributed by atoms with E-state index in [4.69, 9.17) is 14.2 Å². The molecule has 0 fully saturated rings. The zero-order chi connectivity index (χ0) is 14.8. The van der Waals surface area contributed by atoms with Crippen LogP contribution in [0.2, 0.25) is 0 Å². The molecular formula is C15H20O5. The van der Waals surface area contributed by atoms with E-state index < -0.39 is 5.97 Å². The van der Waals surface area contributed by atoms with Crippen LogP contribution in [0, 0.1) is 0 Å². The van der Waals surface area contributed by atoms with Crippen molar-refractivity contribution in [2.75, 3.05) is 26.9 Å².